The number of aliphatic hydroxyl groups is 1. The van der Waals surface area contributed by atoms with Gasteiger partial charge in [-0.1, -0.05) is 11.6 Å². The third kappa shape index (κ3) is 4.56. The van der Waals surface area contributed by atoms with Crippen LogP contribution in [0.2, 0.25) is 5.02 Å². The Morgan fingerprint density at radius 3 is 2.74 bits per heavy atom. The minimum Gasteiger partial charge on any atom is -0.493 e. The van der Waals surface area contributed by atoms with Crippen LogP contribution in [0.25, 0.3) is 10.9 Å². The highest BCUT2D eigenvalue weighted by molar-refractivity contribution is 6.31. The normalized spacial score (nSPS) is 10.8. The molecular formula is C19H19ClFN3O3. The molecule has 0 spiro atoms. The molecular weight excluding hydrogens is 373 g/mol. The quantitative estimate of drug-likeness (QED) is 0.557. The van der Waals surface area contributed by atoms with Crippen LogP contribution in [-0.4, -0.2) is 35.4 Å². The van der Waals surface area contributed by atoms with E-state index in [4.69, 9.17) is 26.2 Å². The van der Waals surface area contributed by atoms with Gasteiger partial charge in [-0.15, -0.1) is 0 Å². The Kier molecular flexibility index (Phi) is 6.26. The topological polar surface area (TPSA) is 76.5 Å². The number of methoxy groups -OCH3 is 1. The molecule has 2 N–H and O–H groups in total. The molecule has 0 aliphatic rings. The second-order valence-electron chi connectivity index (χ2n) is 5.78. The lowest BCUT2D eigenvalue weighted by Crippen LogP contribution is -2.02. The summed E-state index contributed by atoms with van der Waals surface area (Å²) in [5.74, 6) is 1.16. The number of aromatic nitrogens is 2. The molecule has 0 aliphatic carbocycles. The molecule has 2 aromatic carbocycles. The van der Waals surface area contributed by atoms with Crippen LogP contribution in [-0.2, 0) is 0 Å². The van der Waals surface area contributed by atoms with Crippen molar-refractivity contribution in [3.8, 4) is 11.5 Å². The smallest absolute Gasteiger partial charge is 0.163 e. The summed E-state index contributed by atoms with van der Waals surface area (Å²) in [6.07, 6.45) is 2.84. The van der Waals surface area contributed by atoms with Crippen molar-refractivity contribution in [2.45, 2.75) is 12.8 Å². The summed E-state index contributed by atoms with van der Waals surface area (Å²) in [7, 11) is 1.55. The van der Waals surface area contributed by atoms with Gasteiger partial charge in [0.05, 0.1) is 24.3 Å². The van der Waals surface area contributed by atoms with E-state index in [-0.39, 0.29) is 11.6 Å². The first-order valence-electron chi connectivity index (χ1n) is 8.41. The zero-order valence-electron chi connectivity index (χ0n) is 14.7. The molecule has 0 saturated carbocycles. The molecule has 3 aromatic rings. The van der Waals surface area contributed by atoms with Crippen molar-refractivity contribution in [2.24, 2.45) is 0 Å². The van der Waals surface area contributed by atoms with Crippen LogP contribution in [0, 0.1) is 5.82 Å². The largest absolute Gasteiger partial charge is 0.493 e. The average Bonchev–Trinajstić information content (AvgIpc) is 2.68. The Hall–Kier alpha value is -2.64. The third-order valence-electron chi connectivity index (χ3n) is 3.91. The maximum Gasteiger partial charge on any atom is 0.163 e. The van der Waals surface area contributed by atoms with Crippen molar-refractivity contribution in [3.05, 3.63) is 47.5 Å². The van der Waals surface area contributed by atoms with Crippen molar-refractivity contribution in [1.82, 2.24) is 9.97 Å². The molecule has 0 amide bonds. The lowest BCUT2D eigenvalue weighted by Gasteiger charge is -2.14. The highest BCUT2D eigenvalue weighted by Gasteiger charge is 2.12. The Labute approximate surface area is 160 Å². The molecule has 6 nitrogen and oxygen atoms in total. The molecule has 1 heterocycles. The van der Waals surface area contributed by atoms with Crippen LogP contribution in [0.1, 0.15) is 12.8 Å². The number of halogens is 2. The van der Waals surface area contributed by atoms with Crippen LogP contribution in [0.4, 0.5) is 15.9 Å². The Bertz CT molecular complexity index is 939. The highest BCUT2D eigenvalue weighted by Crippen LogP contribution is 2.35. The molecule has 142 valence electrons. The molecule has 8 heteroatoms. The number of hydrogen-bond acceptors (Lipinski definition) is 6. The van der Waals surface area contributed by atoms with Crippen molar-refractivity contribution in [3.63, 3.8) is 0 Å². The molecule has 0 fully saturated rings. The average molecular weight is 392 g/mol. The van der Waals surface area contributed by atoms with Crippen LogP contribution in [0.3, 0.4) is 0 Å². The first kappa shape index (κ1) is 19.1. The van der Waals surface area contributed by atoms with E-state index in [9.17, 15) is 4.39 Å². The summed E-state index contributed by atoms with van der Waals surface area (Å²) in [6, 6.07) is 7.90. The predicted molar refractivity (Wildman–Crippen MR) is 103 cm³/mol. The number of unbranched alkanes of at least 4 members (excludes halogenated alkanes) is 1. The van der Waals surface area contributed by atoms with Crippen LogP contribution < -0.4 is 14.8 Å². The number of rotatable bonds is 8. The van der Waals surface area contributed by atoms with E-state index in [0.717, 1.165) is 11.8 Å². The van der Waals surface area contributed by atoms with Crippen LogP contribution in [0.15, 0.2) is 36.7 Å². The zero-order chi connectivity index (χ0) is 19.2. The fourth-order valence-corrected chi connectivity index (χ4v) is 2.72. The van der Waals surface area contributed by atoms with Gasteiger partial charge in [0.25, 0.3) is 0 Å². The first-order valence-corrected chi connectivity index (χ1v) is 8.78. The summed E-state index contributed by atoms with van der Waals surface area (Å²) < 4.78 is 24.5. The van der Waals surface area contributed by atoms with E-state index in [0.29, 0.717) is 41.5 Å². The van der Waals surface area contributed by atoms with E-state index in [1.165, 1.54) is 18.5 Å². The third-order valence-corrected chi connectivity index (χ3v) is 4.20. The van der Waals surface area contributed by atoms with Gasteiger partial charge in [0.2, 0.25) is 0 Å². The molecule has 0 saturated heterocycles. The Balaban J connectivity index is 1.91. The molecule has 0 bridgehead atoms. The van der Waals surface area contributed by atoms with Gasteiger partial charge in [-0.2, -0.15) is 0 Å². The first-order chi connectivity index (χ1) is 13.1. The lowest BCUT2D eigenvalue weighted by molar-refractivity contribution is 0.247. The van der Waals surface area contributed by atoms with Crippen molar-refractivity contribution < 1.29 is 19.0 Å². The van der Waals surface area contributed by atoms with E-state index >= 15 is 0 Å². The summed E-state index contributed by atoms with van der Waals surface area (Å²) in [4.78, 5) is 8.55. The second kappa shape index (κ2) is 8.83. The summed E-state index contributed by atoms with van der Waals surface area (Å²) >= 11 is 5.84. The minimum atomic E-state index is -0.487. The maximum absolute atomic E-state index is 13.4. The van der Waals surface area contributed by atoms with E-state index < -0.39 is 5.82 Å². The van der Waals surface area contributed by atoms with Gasteiger partial charge >= 0.3 is 0 Å². The molecule has 0 aliphatic heterocycles. The van der Waals surface area contributed by atoms with E-state index in [1.807, 2.05) is 0 Å². The van der Waals surface area contributed by atoms with Gasteiger partial charge < -0.3 is 19.9 Å². The molecule has 3 rings (SSSR count). The maximum atomic E-state index is 13.4. The number of nitrogens with one attached hydrogen (secondary N) is 1. The molecule has 27 heavy (non-hydrogen) atoms. The number of nitrogens with zero attached hydrogens (tertiary/aromatic N) is 2. The number of anilines is 2. The van der Waals surface area contributed by atoms with Crippen molar-refractivity contribution >= 4 is 34.0 Å². The molecule has 0 atom stereocenters. The second-order valence-corrected chi connectivity index (χ2v) is 6.18. The monoisotopic (exact) mass is 391 g/mol. The van der Waals surface area contributed by atoms with E-state index in [2.05, 4.69) is 15.3 Å². The highest BCUT2D eigenvalue weighted by atomic mass is 35.5. The van der Waals surface area contributed by atoms with Gasteiger partial charge in [-0.3, -0.25) is 0 Å². The van der Waals surface area contributed by atoms with Gasteiger partial charge in [0.15, 0.2) is 11.5 Å². The van der Waals surface area contributed by atoms with Crippen molar-refractivity contribution in [1.29, 1.82) is 0 Å². The standard InChI is InChI=1S/C19H19ClFN3O3/c1-26-17-9-13-16(10-18(17)27-7-3-2-6-25)22-11-23-19(13)24-12-4-5-15(21)14(20)8-12/h4-5,8-11,25H,2-3,6-7H2,1H3,(H,22,23,24). The van der Waals surface area contributed by atoms with Crippen molar-refractivity contribution in [2.75, 3.05) is 25.6 Å². The summed E-state index contributed by atoms with van der Waals surface area (Å²) in [6.45, 7) is 0.598. The van der Waals surface area contributed by atoms with Gasteiger partial charge in [-0.05, 0) is 37.1 Å². The molecule has 0 radical (unpaired) electrons. The Morgan fingerprint density at radius 2 is 2.00 bits per heavy atom. The molecule has 1 aromatic heterocycles. The Morgan fingerprint density at radius 1 is 1.15 bits per heavy atom. The number of aliphatic hydroxyl groups excluding tert-OH is 1. The van der Waals surface area contributed by atoms with Gasteiger partial charge in [0.1, 0.15) is 18.0 Å². The number of ether oxygens (including phenoxy) is 2. The summed E-state index contributed by atoms with van der Waals surface area (Å²) in [5.41, 5.74) is 1.27. The van der Waals surface area contributed by atoms with Gasteiger partial charge in [-0.25, -0.2) is 14.4 Å². The minimum absolute atomic E-state index is 0.0227. The van der Waals surface area contributed by atoms with E-state index in [1.54, 1.807) is 25.3 Å². The summed E-state index contributed by atoms with van der Waals surface area (Å²) in [5, 5.41) is 12.7. The van der Waals surface area contributed by atoms with Gasteiger partial charge in [0, 0.05) is 23.7 Å². The van der Waals surface area contributed by atoms with Crippen LogP contribution in [0.5, 0.6) is 11.5 Å². The number of fused-ring (bicyclic) bond motifs is 1. The number of hydrogen-bond donors (Lipinski definition) is 2. The molecule has 0 unspecified atom stereocenters. The fourth-order valence-electron chi connectivity index (χ4n) is 2.54. The SMILES string of the molecule is COc1cc2c(Nc3ccc(F)c(Cl)c3)ncnc2cc1OCCCCO. The zero-order valence-corrected chi connectivity index (χ0v) is 15.5. The fraction of sp³-hybridized carbons (Fsp3) is 0.263. The predicted octanol–water partition coefficient (Wildman–Crippen LogP) is 4.33. The van der Waals surface area contributed by atoms with Crippen LogP contribution >= 0.6 is 11.6 Å². The lowest BCUT2D eigenvalue weighted by atomic mass is 10.2. The number of benzene rings is 2.